The van der Waals surface area contributed by atoms with E-state index in [1.807, 2.05) is 0 Å². The van der Waals surface area contributed by atoms with Crippen molar-refractivity contribution in [2.24, 2.45) is 5.92 Å². The van der Waals surface area contributed by atoms with E-state index in [0.29, 0.717) is 12.6 Å². The van der Waals surface area contributed by atoms with Crippen LogP contribution in [0.4, 0.5) is 0 Å². The van der Waals surface area contributed by atoms with E-state index >= 15 is 0 Å². The van der Waals surface area contributed by atoms with Gasteiger partial charge in [0.25, 0.3) is 0 Å². The second kappa shape index (κ2) is 3.76. The van der Waals surface area contributed by atoms with E-state index in [4.69, 9.17) is 4.74 Å². The van der Waals surface area contributed by atoms with Crippen molar-refractivity contribution in [2.75, 3.05) is 26.8 Å². The molecule has 1 saturated heterocycles. The fraction of sp³-hybridized carbons (Fsp3) is 0.900. The molecule has 3 nitrogen and oxygen atoms in total. The van der Waals surface area contributed by atoms with Crippen LogP contribution >= 0.6 is 0 Å². The standard InChI is InChI=1S/C10H17NO2/c1-13-7-10(12)6-11-5-8-2-3-9(11)4-8/h8-9H,2-7H2,1H3. The zero-order chi connectivity index (χ0) is 9.26. The summed E-state index contributed by atoms with van der Waals surface area (Å²) in [4.78, 5) is 13.6. The number of methoxy groups -OCH3 is 1. The van der Waals surface area contributed by atoms with E-state index in [0.717, 1.165) is 12.5 Å². The quantitative estimate of drug-likeness (QED) is 0.642. The Labute approximate surface area is 79.0 Å². The summed E-state index contributed by atoms with van der Waals surface area (Å²) in [6.07, 6.45) is 3.99. The van der Waals surface area contributed by atoms with Gasteiger partial charge < -0.3 is 4.74 Å². The normalized spacial score (nSPS) is 32.7. The van der Waals surface area contributed by atoms with Crippen molar-refractivity contribution in [1.82, 2.24) is 4.90 Å². The molecule has 0 aromatic carbocycles. The summed E-state index contributed by atoms with van der Waals surface area (Å²) in [6.45, 7) is 2.02. The molecule has 2 fully saturated rings. The van der Waals surface area contributed by atoms with Gasteiger partial charge in [0.15, 0.2) is 5.78 Å². The van der Waals surface area contributed by atoms with Crippen LogP contribution in [0.5, 0.6) is 0 Å². The van der Waals surface area contributed by atoms with Crippen molar-refractivity contribution in [3.63, 3.8) is 0 Å². The van der Waals surface area contributed by atoms with Gasteiger partial charge in [-0.3, -0.25) is 9.69 Å². The second-order valence-corrected chi connectivity index (χ2v) is 4.23. The zero-order valence-corrected chi connectivity index (χ0v) is 8.16. The van der Waals surface area contributed by atoms with E-state index in [2.05, 4.69) is 4.90 Å². The number of fused-ring (bicyclic) bond motifs is 2. The van der Waals surface area contributed by atoms with E-state index in [-0.39, 0.29) is 12.4 Å². The molecule has 1 aliphatic carbocycles. The number of carbonyl (C=O) groups is 1. The smallest absolute Gasteiger partial charge is 0.172 e. The van der Waals surface area contributed by atoms with Gasteiger partial charge in [-0.05, 0) is 25.2 Å². The third-order valence-electron chi connectivity index (χ3n) is 3.21. The van der Waals surface area contributed by atoms with Crippen molar-refractivity contribution in [3.05, 3.63) is 0 Å². The number of piperidine rings is 1. The van der Waals surface area contributed by atoms with E-state index < -0.39 is 0 Å². The first-order valence-corrected chi connectivity index (χ1v) is 5.04. The number of hydrogen-bond donors (Lipinski definition) is 0. The van der Waals surface area contributed by atoms with Crippen LogP contribution in [0.1, 0.15) is 19.3 Å². The molecule has 0 aromatic rings. The predicted molar refractivity (Wildman–Crippen MR) is 49.6 cm³/mol. The molecule has 2 unspecified atom stereocenters. The van der Waals surface area contributed by atoms with Gasteiger partial charge in [-0.2, -0.15) is 0 Å². The van der Waals surface area contributed by atoms with Gasteiger partial charge >= 0.3 is 0 Å². The average Bonchev–Trinajstić information content (AvgIpc) is 2.65. The van der Waals surface area contributed by atoms with E-state index in [1.165, 1.54) is 19.3 Å². The van der Waals surface area contributed by atoms with Gasteiger partial charge in [0.1, 0.15) is 6.61 Å². The number of ether oxygens (including phenoxy) is 1. The summed E-state index contributed by atoms with van der Waals surface area (Å²) in [5, 5.41) is 0. The molecule has 1 heterocycles. The summed E-state index contributed by atoms with van der Waals surface area (Å²) in [5.74, 6) is 1.09. The lowest BCUT2D eigenvalue weighted by molar-refractivity contribution is -0.124. The Bertz CT molecular complexity index is 205. The number of Topliss-reactive ketones (excluding diaryl/α,β-unsaturated/α-hetero) is 1. The Morgan fingerprint density at radius 3 is 2.92 bits per heavy atom. The lowest BCUT2D eigenvalue weighted by Gasteiger charge is -2.25. The molecule has 13 heavy (non-hydrogen) atoms. The fourth-order valence-corrected chi connectivity index (χ4v) is 2.65. The van der Waals surface area contributed by atoms with Crippen LogP contribution in [0.2, 0.25) is 0 Å². The van der Waals surface area contributed by atoms with Gasteiger partial charge in [0.05, 0.1) is 6.54 Å². The predicted octanol–water partition coefficient (Wildman–Crippen LogP) is 0.686. The summed E-state index contributed by atoms with van der Waals surface area (Å²) >= 11 is 0. The van der Waals surface area contributed by atoms with Crippen molar-refractivity contribution in [2.45, 2.75) is 25.3 Å². The lowest BCUT2D eigenvalue weighted by Crippen LogP contribution is -2.37. The molecule has 2 aliphatic rings. The van der Waals surface area contributed by atoms with Crippen LogP contribution in [-0.2, 0) is 9.53 Å². The minimum Gasteiger partial charge on any atom is -0.377 e. The van der Waals surface area contributed by atoms with E-state index in [1.54, 1.807) is 7.11 Å². The second-order valence-electron chi connectivity index (χ2n) is 4.23. The molecule has 2 atom stereocenters. The van der Waals surface area contributed by atoms with Gasteiger partial charge in [0, 0.05) is 19.7 Å². The highest BCUT2D eigenvalue weighted by molar-refractivity contribution is 5.81. The molecular formula is C10H17NO2. The number of carbonyl (C=O) groups excluding carboxylic acids is 1. The molecule has 0 aromatic heterocycles. The molecule has 2 bridgehead atoms. The van der Waals surface area contributed by atoms with Crippen molar-refractivity contribution >= 4 is 5.78 Å². The molecule has 2 rings (SSSR count). The number of likely N-dealkylation sites (tertiary alicyclic amines) is 1. The molecule has 1 aliphatic heterocycles. The maximum Gasteiger partial charge on any atom is 0.172 e. The van der Waals surface area contributed by atoms with E-state index in [9.17, 15) is 4.79 Å². The molecule has 0 amide bonds. The maximum absolute atomic E-state index is 11.3. The SMILES string of the molecule is COCC(=O)CN1CC2CCC1C2. The number of ketones is 1. The molecule has 0 radical (unpaired) electrons. The topological polar surface area (TPSA) is 29.5 Å². The Hall–Kier alpha value is -0.410. The van der Waals surface area contributed by atoms with Crippen LogP contribution in [0, 0.1) is 5.92 Å². The third kappa shape index (κ3) is 1.92. The van der Waals surface area contributed by atoms with Gasteiger partial charge in [-0.1, -0.05) is 0 Å². The van der Waals surface area contributed by atoms with Gasteiger partial charge in [-0.15, -0.1) is 0 Å². The summed E-state index contributed by atoms with van der Waals surface area (Å²) in [7, 11) is 1.58. The van der Waals surface area contributed by atoms with Gasteiger partial charge in [-0.25, -0.2) is 0 Å². The first-order valence-electron chi connectivity index (χ1n) is 5.04. The number of nitrogens with zero attached hydrogens (tertiary/aromatic N) is 1. The Morgan fingerprint density at radius 2 is 2.38 bits per heavy atom. The highest BCUT2D eigenvalue weighted by Crippen LogP contribution is 2.36. The Kier molecular flexibility index (Phi) is 2.65. The monoisotopic (exact) mass is 183 g/mol. The fourth-order valence-electron chi connectivity index (χ4n) is 2.65. The molecular weight excluding hydrogens is 166 g/mol. The van der Waals surface area contributed by atoms with Crippen molar-refractivity contribution in [3.8, 4) is 0 Å². The molecule has 1 saturated carbocycles. The van der Waals surface area contributed by atoms with Crippen LogP contribution < -0.4 is 0 Å². The third-order valence-corrected chi connectivity index (χ3v) is 3.21. The molecule has 0 spiro atoms. The van der Waals surface area contributed by atoms with Crippen molar-refractivity contribution < 1.29 is 9.53 Å². The minimum absolute atomic E-state index is 0.218. The number of hydrogen-bond acceptors (Lipinski definition) is 3. The Balaban J connectivity index is 1.79. The average molecular weight is 183 g/mol. The van der Waals surface area contributed by atoms with Crippen LogP contribution in [0.3, 0.4) is 0 Å². The highest BCUT2D eigenvalue weighted by atomic mass is 16.5. The van der Waals surface area contributed by atoms with Crippen LogP contribution in [0.15, 0.2) is 0 Å². The first kappa shape index (κ1) is 9.16. The minimum atomic E-state index is 0.218. The summed E-state index contributed by atoms with van der Waals surface area (Å²) < 4.78 is 4.82. The van der Waals surface area contributed by atoms with Crippen LogP contribution in [-0.4, -0.2) is 43.5 Å². The maximum atomic E-state index is 11.3. The van der Waals surface area contributed by atoms with Gasteiger partial charge in [0.2, 0.25) is 0 Å². The summed E-state index contributed by atoms with van der Waals surface area (Å²) in [5.41, 5.74) is 0. The lowest BCUT2D eigenvalue weighted by atomic mass is 10.1. The van der Waals surface area contributed by atoms with Crippen molar-refractivity contribution in [1.29, 1.82) is 0 Å². The molecule has 0 N–H and O–H groups in total. The highest BCUT2D eigenvalue weighted by Gasteiger charge is 2.37. The summed E-state index contributed by atoms with van der Waals surface area (Å²) in [6, 6.07) is 0.700. The molecule has 74 valence electrons. The Morgan fingerprint density at radius 1 is 1.54 bits per heavy atom. The largest absolute Gasteiger partial charge is 0.377 e. The van der Waals surface area contributed by atoms with Crippen LogP contribution in [0.25, 0.3) is 0 Å². The first-order chi connectivity index (χ1) is 6.29. The number of rotatable bonds is 4. The molecule has 3 heteroatoms. The zero-order valence-electron chi connectivity index (χ0n) is 8.16.